The van der Waals surface area contributed by atoms with Crippen molar-refractivity contribution >= 4 is 35.8 Å². The summed E-state index contributed by atoms with van der Waals surface area (Å²) in [5.41, 5.74) is 0.0105. The van der Waals surface area contributed by atoms with Gasteiger partial charge in [-0.1, -0.05) is 6.07 Å². The molecule has 0 aliphatic carbocycles. The fraction of sp³-hybridized carbons (Fsp3) is 0.600. The highest BCUT2D eigenvalue weighted by atomic mass is 127. The number of nitrogens with zero attached hydrogens (tertiary/aromatic N) is 3. The summed E-state index contributed by atoms with van der Waals surface area (Å²) in [5, 5.41) is 3.02. The van der Waals surface area contributed by atoms with Crippen LogP contribution in [-0.4, -0.2) is 74.7 Å². The number of carbonyl (C=O) groups excluding carboxylic acids is 1. The molecule has 174 valence electrons. The number of guanidine groups is 1. The van der Waals surface area contributed by atoms with Gasteiger partial charge in [0, 0.05) is 51.3 Å². The van der Waals surface area contributed by atoms with Gasteiger partial charge < -0.3 is 24.6 Å². The summed E-state index contributed by atoms with van der Waals surface area (Å²) in [6.45, 7) is 0.586. The minimum absolute atomic E-state index is 0. The number of aliphatic imine (C=N–C) groups is 1. The second kappa shape index (κ2) is 12.3. The van der Waals surface area contributed by atoms with E-state index in [0.717, 1.165) is 0 Å². The Morgan fingerprint density at radius 3 is 2.52 bits per heavy atom. The molecule has 2 aliphatic rings. The van der Waals surface area contributed by atoms with Gasteiger partial charge >= 0.3 is 6.61 Å². The molecule has 0 bridgehead atoms. The number of ether oxygens (including phenoxy) is 2. The lowest BCUT2D eigenvalue weighted by Gasteiger charge is -2.36. The van der Waals surface area contributed by atoms with Crippen molar-refractivity contribution in [3.63, 3.8) is 0 Å². The predicted octanol–water partition coefficient (Wildman–Crippen LogP) is 2.69. The summed E-state index contributed by atoms with van der Waals surface area (Å²) < 4.78 is 49.0. The molecule has 7 nitrogen and oxygen atoms in total. The van der Waals surface area contributed by atoms with Gasteiger partial charge in [-0.05, 0) is 25.0 Å². The number of nitrogens with one attached hydrogen (secondary N) is 1. The highest BCUT2D eigenvalue weighted by Gasteiger charge is 2.30. The van der Waals surface area contributed by atoms with Gasteiger partial charge in [-0.15, -0.1) is 24.0 Å². The van der Waals surface area contributed by atoms with Gasteiger partial charge in [0.05, 0.1) is 13.2 Å². The number of piperidine rings is 1. The van der Waals surface area contributed by atoms with Crippen LogP contribution in [0.3, 0.4) is 0 Å². The van der Waals surface area contributed by atoms with E-state index in [9.17, 15) is 18.0 Å². The maximum absolute atomic E-state index is 14.1. The second-order valence-corrected chi connectivity index (χ2v) is 7.19. The third-order valence-corrected chi connectivity index (χ3v) is 5.39. The average Bonchev–Trinajstić information content (AvgIpc) is 2.76. The zero-order valence-electron chi connectivity index (χ0n) is 17.4. The third kappa shape index (κ3) is 6.86. The Morgan fingerprint density at radius 2 is 1.90 bits per heavy atom. The first-order chi connectivity index (χ1) is 14.5. The Bertz CT molecular complexity index is 755. The summed E-state index contributed by atoms with van der Waals surface area (Å²) in [5.74, 6) is -0.177. The first kappa shape index (κ1) is 25.5. The quantitative estimate of drug-likeness (QED) is 0.344. The van der Waals surface area contributed by atoms with Gasteiger partial charge in [0.15, 0.2) is 5.96 Å². The van der Waals surface area contributed by atoms with E-state index >= 15 is 0 Å². The van der Waals surface area contributed by atoms with Gasteiger partial charge in [-0.25, -0.2) is 4.39 Å². The van der Waals surface area contributed by atoms with Crippen LogP contribution in [0.25, 0.3) is 0 Å². The van der Waals surface area contributed by atoms with Crippen LogP contribution in [0.1, 0.15) is 18.4 Å². The minimum Gasteiger partial charge on any atom is -0.434 e. The summed E-state index contributed by atoms with van der Waals surface area (Å²) in [6.07, 6.45) is 1.38. The smallest absolute Gasteiger partial charge is 0.387 e. The van der Waals surface area contributed by atoms with Crippen molar-refractivity contribution in [1.82, 2.24) is 15.1 Å². The highest BCUT2D eigenvalue weighted by Crippen LogP contribution is 2.24. The highest BCUT2D eigenvalue weighted by molar-refractivity contribution is 14.0. The molecule has 2 heterocycles. The van der Waals surface area contributed by atoms with Crippen molar-refractivity contribution in [1.29, 1.82) is 0 Å². The number of hydrogen-bond donors (Lipinski definition) is 1. The van der Waals surface area contributed by atoms with Crippen molar-refractivity contribution < 1.29 is 27.4 Å². The van der Waals surface area contributed by atoms with Crippen LogP contribution in [0.15, 0.2) is 23.2 Å². The molecular weight excluding hydrogens is 528 g/mol. The number of hydrogen-bond acceptors (Lipinski definition) is 4. The van der Waals surface area contributed by atoms with Crippen LogP contribution in [0, 0.1) is 11.7 Å². The van der Waals surface area contributed by atoms with Crippen molar-refractivity contribution in [3.05, 3.63) is 29.6 Å². The number of amides is 1. The van der Waals surface area contributed by atoms with Gasteiger partial charge in [0.2, 0.25) is 5.91 Å². The molecule has 1 N–H and O–H groups in total. The Morgan fingerprint density at radius 1 is 1.23 bits per heavy atom. The van der Waals surface area contributed by atoms with Crippen LogP contribution in [0.5, 0.6) is 5.75 Å². The number of benzene rings is 1. The molecule has 1 aromatic carbocycles. The van der Waals surface area contributed by atoms with E-state index in [2.05, 4.69) is 15.0 Å². The Kier molecular flexibility index (Phi) is 10.1. The number of likely N-dealkylation sites (tertiary alicyclic amines) is 1. The zero-order chi connectivity index (χ0) is 21.5. The van der Waals surface area contributed by atoms with E-state index in [0.29, 0.717) is 58.2 Å². The maximum atomic E-state index is 14.1. The molecule has 0 saturated carbocycles. The first-order valence-corrected chi connectivity index (χ1v) is 10.0. The molecule has 2 fully saturated rings. The normalized spacial score (nSPS) is 18.0. The Balaban J connectivity index is 0.00000341. The lowest BCUT2D eigenvalue weighted by molar-refractivity contribution is -0.140. The molecule has 0 radical (unpaired) electrons. The van der Waals surface area contributed by atoms with Crippen molar-refractivity contribution in [2.75, 3.05) is 46.4 Å². The average molecular weight is 556 g/mol. The van der Waals surface area contributed by atoms with Crippen molar-refractivity contribution in [3.8, 4) is 5.75 Å². The molecule has 1 amide bonds. The minimum atomic E-state index is -3.03. The number of halogens is 4. The van der Waals surface area contributed by atoms with E-state index in [-0.39, 0.29) is 53.7 Å². The summed E-state index contributed by atoms with van der Waals surface area (Å²) in [7, 11) is 1.60. The van der Waals surface area contributed by atoms with E-state index in [1.807, 2.05) is 9.80 Å². The molecule has 11 heteroatoms. The summed E-state index contributed by atoms with van der Waals surface area (Å²) in [4.78, 5) is 20.7. The SMILES string of the molecule is CN=C(NCc1c(F)cccc1OC(F)F)N1CCC(C(=O)N2CCOCC2)CC1.I. The van der Waals surface area contributed by atoms with Crippen molar-refractivity contribution in [2.24, 2.45) is 10.9 Å². The maximum Gasteiger partial charge on any atom is 0.387 e. The van der Waals surface area contributed by atoms with Crippen LogP contribution in [0.2, 0.25) is 0 Å². The fourth-order valence-electron chi connectivity index (χ4n) is 3.80. The standard InChI is InChI=1S/C20H27F3N4O3.HI/c1-24-20(25-13-15-16(21)3-2-4-17(15)30-19(22)23)27-7-5-14(6-8-27)18(28)26-9-11-29-12-10-26;/h2-4,14,19H,5-13H2,1H3,(H,24,25);1H. The van der Waals surface area contributed by atoms with E-state index in [1.165, 1.54) is 18.2 Å². The number of rotatable bonds is 5. The van der Waals surface area contributed by atoms with Crippen molar-refractivity contribution in [2.45, 2.75) is 26.0 Å². The predicted molar refractivity (Wildman–Crippen MR) is 120 cm³/mol. The fourth-order valence-corrected chi connectivity index (χ4v) is 3.80. The molecular formula is C20H28F3IN4O3. The van der Waals surface area contributed by atoms with Gasteiger partial charge in [-0.2, -0.15) is 8.78 Å². The lowest BCUT2D eigenvalue weighted by Crippen LogP contribution is -2.49. The molecule has 2 aliphatic heterocycles. The topological polar surface area (TPSA) is 66.4 Å². The summed E-state index contributed by atoms with van der Waals surface area (Å²) in [6, 6.07) is 3.82. The molecule has 1 aromatic rings. The second-order valence-electron chi connectivity index (χ2n) is 7.19. The molecule has 0 unspecified atom stereocenters. The molecule has 3 rings (SSSR count). The summed E-state index contributed by atoms with van der Waals surface area (Å²) >= 11 is 0. The van der Waals surface area contributed by atoms with Crippen LogP contribution < -0.4 is 10.1 Å². The molecule has 0 aromatic heterocycles. The van der Waals surface area contributed by atoms with Crippen LogP contribution in [-0.2, 0) is 16.1 Å². The molecule has 2 saturated heterocycles. The number of alkyl halides is 2. The van der Waals surface area contributed by atoms with E-state index in [4.69, 9.17) is 4.74 Å². The number of carbonyl (C=O) groups is 1. The van der Waals surface area contributed by atoms with Gasteiger partial charge in [0.1, 0.15) is 11.6 Å². The van der Waals surface area contributed by atoms with Crippen LogP contribution >= 0.6 is 24.0 Å². The Labute approximate surface area is 197 Å². The first-order valence-electron chi connectivity index (χ1n) is 10.0. The third-order valence-electron chi connectivity index (χ3n) is 5.39. The lowest BCUT2D eigenvalue weighted by atomic mass is 9.95. The molecule has 31 heavy (non-hydrogen) atoms. The largest absolute Gasteiger partial charge is 0.434 e. The zero-order valence-corrected chi connectivity index (χ0v) is 19.7. The molecule has 0 atom stereocenters. The molecule has 0 spiro atoms. The Hall–Kier alpha value is -1.76. The van der Waals surface area contributed by atoms with E-state index in [1.54, 1.807) is 7.05 Å². The van der Waals surface area contributed by atoms with Gasteiger partial charge in [0.25, 0.3) is 0 Å². The monoisotopic (exact) mass is 556 g/mol. The van der Waals surface area contributed by atoms with Gasteiger partial charge in [-0.3, -0.25) is 9.79 Å². The van der Waals surface area contributed by atoms with E-state index < -0.39 is 12.4 Å². The number of morpholine rings is 1. The van der Waals surface area contributed by atoms with Crippen LogP contribution in [0.4, 0.5) is 13.2 Å².